The number of nitrogens with zero attached hydrogens (tertiary/aromatic N) is 2. The lowest BCUT2D eigenvalue weighted by atomic mass is 10.1. The van der Waals surface area contributed by atoms with Crippen molar-refractivity contribution in [2.75, 3.05) is 17.4 Å². The number of carbonyl (C=O) groups is 2. The summed E-state index contributed by atoms with van der Waals surface area (Å²) in [5.41, 5.74) is 1.95. The Hall–Kier alpha value is -3.36. The first kappa shape index (κ1) is 29.2. The number of sulfonamides is 1. The fraction of sp³-hybridized carbons (Fsp3) is 0.310. The third-order valence-corrected chi connectivity index (χ3v) is 8.24. The molecule has 1 N–H and O–H groups in total. The van der Waals surface area contributed by atoms with E-state index in [1.54, 1.807) is 73.7 Å². The molecular weight excluding hydrogens is 522 g/mol. The van der Waals surface area contributed by atoms with Gasteiger partial charge in [0.15, 0.2) is 0 Å². The third kappa shape index (κ3) is 7.36. The van der Waals surface area contributed by atoms with Crippen LogP contribution < -0.4 is 9.62 Å². The highest BCUT2D eigenvalue weighted by Crippen LogP contribution is 2.25. The Morgan fingerprint density at radius 1 is 0.895 bits per heavy atom. The Balaban J connectivity index is 2.00. The summed E-state index contributed by atoms with van der Waals surface area (Å²) in [6.07, 6.45) is 0. The molecule has 0 radical (unpaired) electrons. The Kier molecular flexibility index (Phi) is 9.94. The summed E-state index contributed by atoms with van der Waals surface area (Å²) in [7, 11) is -4.08. The van der Waals surface area contributed by atoms with E-state index in [9.17, 15) is 18.0 Å². The SMILES string of the molecule is Cc1ccc(N(CC(=O)N(Cc2ccccc2Cl)C(C)C(=O)NCC(C)C)S(=O)(=O)c2ccccc2)cc1. The van der Waals surface area contributed by atoms with Crippen LogP contribution in [0.2, 0.25) is 5.02 Å². The van der Waals surface area contributed by atoms with E-state index in [1.807, 2.05) is 20.8 Å². The average molecular weight is 556 g/mol. The molecule has 0 aliphatic heterocycles. The molecule has 7 nitrogen and oxygen atoms in total. The summed E-state index contributed by atoms with van der Waals surface area (Å²) >= 11 is 6.38. The largest absolute Gasteiger partial charge is 0.354 e. The number of hydrogen-bond donors (Lipinski definition) is 1. The van der Waals surface area contributed by atoms with Crippen LogP contribution in [-0.2, 0) is 26.2 Å². The Labute approximate surface area is 230 Å². The molecule has 0 spiro atoms. The van der Waals surface area contributed by atoms with Gasteiger partial charge in [0.05, 0.1) is 10.6 Å². The van der Waals surface area contributed by atoms with Gasteiger partial charge >= 0.3 is 0 Å². The van der Waals surface area contributed by atoms with Crippen molar-refractivity contribution < 1.29 is 18.0 Å². The topological polar surface area (TPSA) is 86.8 Å². The van der Waals surface area contributed by atoms with Gasteiger partial charge in [-0.05, 0) is 55.7 Å². The number of benzene rings is 3. The Bertz CT molecular complexity index is 1350. The van der Waals surface area contributed by atoms with Gasteiger partial charge in [0.1, 0.15) is 12.6 Å². The van der Waals surface area contributed by atoms with Crippen LogP contribution in [0, 0.1) is 12.8 Å². The molecule has 0 heterocycles. The lowest BCUT2D eigenvalue weighted by Gasteiger charge is -2.32. The lowest BCUT2D eigenvalue weighted by molar-refractivity contribution is -0.139. The maximum absolute atomic E-state index is 13.9. The van der Waals surface area contributed by atoms with Crippen molar-refractivity contribution in [2.24, 2.45) is 5.92 Å². The zero-order chi connectivity index (χ0) is 27.9. The van der Waals surface area contributed by atoms with Crippen molar-refractivity contribution >= 4 is 39.1 Å². The van der Waals surface area contributed by atoms with Crippen LogP contribution >= 0.6 is 11.6 Å². The highest BCUT2D eigenvalue weighted by atomic mass is 35.5. The summed E-state index contributed by atoms with van der Waals surface area (Å²) in [4.78, 5) is 28.3. The monoisotopic (exact) mass is 555 g/mol. The first-order valence-electron chi connectivity index (χ1n) is 12.5. The smallest absolute Gasteiger partial charge is 0.264 e. The fourth-order valence-corrected chi connectivity index (χ4v) is 5.44. The van der Waals surface area contributed by atoms with Crippen molar-refractivity contribution in [3.8, 4) is 0 Å². The normalized spacial score (nSPS) is 12.2. The molecule has 0 saturated heterocycles. The molecule has 38 heavy (non-hydrogen) atoms. The van der Waals surface area contributed by atoms with E-state index in [-0.39, 0.29) is 23.3 Å². The van der Waals surface area contributed by atoms with Crippen LogP contribution in [0.25, 0.3) is 0 Å². The van der Waals surface area contributed by atoms with Crippen molar-refractivity contribution in [1.82, 2.24) is 10.2 Å². The number of aryl methyl sites for hydroxylation is 1. The predicted octanol–water partition coefficient (Wildman–Crippen LogP) is 5.03. The van der Waals surface area contributed by atoms with Gasteiger partial charge in [0.25, 0.3) is 10.0 Å². The van der Waals surface area contributed by atoms with Gasteiger partial charge in [-0.15, -0.1) is 0 Å². The number of amides is 2. The average Bonchev–Trinajstić information content (AvgIpc) is 2.90. The molecule has 3 rings (SSSR count). The van der Waals surface area contributed by atoms with E-state index in [0.29, 0.717) is 22.8 Å². The molecule has 3 aromatic rings. The molecule has 0 saturated carbocycles. The molecule has 0 fully saturated rings. The first-order chi connectivity index (χ1) is 18.0. The second-order valence-corrected chi connectivity index (χ2v) is 11.9. The lowest BCUT2D eigenvalue weighted by Crippen LogP contribution is -2.51. The molecule has 0 aliphatic rings. The molecule has 0 bridgehead atoms. The van der Waals surface area contributed by atoms with Crippen LogP contribution in [0.1, 0.15) is 31.9 Å². The zero-order valence-corrected chi connectivity index (χ0v) is 23.7. The number of anilines is 1. The Morgan fingerprint density at radius 2 is 1.50 bits per heavy atom. The zero-order valence-electron chi connectivity index (χ0n) is 22.1. The van der Waals surface area contributed by atoms with Crippen LogP contribution in [0.4, 0.5) is 5.69 Å². The summed E-state index contributed by atoms with van der Waals surface area (Å²) in [5.74, 6) is -0.629. The van der Waals surface area contributed by atoms with Crippen LogP contribution in [0.5, 0.6) is 0 Å². The second-order valence-electron chi connectivity index (χ2n) is 9.59. The van der Waals surface area contributed by atoms with Gasteiger partial charge in [-0.3, -0.25) is 13.9 Å². The number of hydrogen-bond acceptors (Lipinski definition) is 4. The van der Waals surface area contributed by atoms with Crippen LogP contribution in [-0.4, -0.2) is 44.3 Å². The van der Waals surface area contributed by atoms with Gasteiger partial charge < -0.3 is 10.2 Å². The van der Waals surface area contributed by atoms with E-state index in [1.165, 1.54) is 17.0 Å². The van der Waals surface area contributed by atoms with E-state index in [0.717, 1.165) is 9.87 Å². The first-order valence-corrected chi connectivity index (χ1v) is 14.3. The summed E-state index contributed by atoms with van der Waals surface area (Å²) in [5, 5.41) is 3.32. The minimum atomic E-state index is -4.08. The van der Waals surface area contributed by atoms with Crippen molar-refractivity contribution in [3.63, 3.8) is 0 Å². The molecule has 2 amide bonds. The van der Waals surface area contributed by atoms with Gasteiger partial charge in [0.2, 0.25) is 11.8 Å². The molecule has 202 valence electrons. The Morgan fingerprint density at radius 3 is 2.11 bits per heavy atom. The molecule has 1 atom stereocenters. The van der Waals surface area contributed by atoms with E-state index in [4.69, 9.17) is 11.6 Å². The van der Waals surface area contributed by atoms with E-state index in [2.05, 4.69) is 5.32 Å². The van der Waals surface area contributed by atoms with Gasteiger partial charge in [-0.2, -0.15) is 0 Å². The quantitative estimate of drug-likeness (QED) is 0.359. The molecule has 3 aromatic carbocycles. The number of carbonyl (C=O) groups excluding carboxylic acids is 2. The van der Waals surface area contributed by atoms with E-state index >= 15 is 0 Å². The molecule has 0 aromatic heterocycles. The van der Waals surface area contributed by atoms with Crippen molar-refractivity contribution in [1.29, 1.82) is 0 Å². The number of nitrogens with one attached hydrogen (secondary N) is 1. The highest BCUT2D eigenvalue weighted by molar-refractivity contribution is 7.92. The standard InChI is InChI=1S/C29H34ClN3O4S/c1-21(2)18-31-29(35)23(4)32(19-24-10-8-9-13-27(24)30)28(34)20-33(25-16-14-22(3)15-17-25)38(36,37)26-11-6-5-7-12-26/h5-17,21,23H,18-20H2,1-4H3,(H,31,35). The molecule has 0 aliphatic carbocycles. The number of rotatable bonds is 11. The van der Waals surface area contributed by atoms with Gasteiger partial charge in [0, 0.05) is 18.1 Å². The van der Waals surface area contributed by atoms with Gasteiger partial charge in [-0.1, -0.05) is 79.5 Å². The highest BCUT2D eigenvalue weighted by Gasteiger charge is 2.32. The summed E-state index contributed by atoms with van der Waals surface area (Å²) in [6, 6.07) is 21.1. The van der Waals surface area contributed by atoms with Crippen LogP contribution in [0.15, 0.2) is 83.8 Å². The second kappa shape index (κ2) is 12.9. The minimum Gasteiger partial charge on any atom is -0.354 e. The maximum Gasteiger partial charge on any atom is 0.264 e. The molecule has 9 heteroatoms. The maximum atomic E-state index is 13.9. The fourth-order valence-electron chi connectivity index (χ4n) is 3.80. The number of halogens is 1. The van der Waals surface area contributed by atoms with Crippen molar-refractivity contribution in [3.05, 3.63) is 95.0 Å². The minimum absolute atomic E-state index is 0.0435. The van der Waals surface area contributed by atoms with E-state index < -0.39 is 28.5 Å². The molecule has 1 unspecified atom stereocenters. The molecular formula is C29H34ClN3O4S. The predicted molar refractivity (Wildman–Crippen MR) is 151 cm³/mol. The summed E-state index contributed by atoms with van der Waals surface area (Å²) in [6.45, 7) is 7.49. The van der Waals surface area contributed by atoms with Crippen LogP contribution in [0.3, 0.4) is 0 Å². The van der Waals surface area contributed by atoms with Crippen molar-refractivity contribution in [2.45, 2.75) is 45.2 Å². The third-order valence-electron chi connectivity index (χ3n) is 6.08. The van der Waals surface area contributed by atoms with Gasteiger partial charge in [-0.25, -0.2) is 8.42 Å². The summed E-state index contributed by atoms with van der Waals surface area (Å²) < 4.78 is 28.5.